The lowest BCUT2D eigenvalue weighted by molar-refractivity contribution is 0.414. The fourth-order valence-corrected chi connectivity index (χ4v) is 21.4. The molecule has 0 aromatic heterocycles. The standard InChI is InChI=1S/C138H102O4/c1-91-67-71-105(72-68-91)118-115(93-43-19-7-20-44-93)124(96-49-25-10-26-50-96)133(127(99-55-31-13-32-56-99)121(118)106-73-69-92(2)70-74-106)136-130(102-61-37-16-38-62-102)137(134-125(97-51-27-11-28-52-97)116(94-45-21-8-22-46-94)119(107-75-83-111(139-3)84-76-107)122(109-79-87-113(141-5)88-80-109)128(134)100-57-33-14-34-58-100)132(104-65-41-18-42-66-104)138(131(136)103-63-39-17-40-64-103)135-126(98-53-29-12-30-54-98)117(95-47-23-9-24-48-95)120(108-77-85-112(140-4)86-78-108)123(110-81-89-114(142-6)90-82-110)129(135)101-59-35-15-36-60-101/h7-90H,1-6H3. The molecule has 142 heavy (non-hydrogen) atoms. The molecule has 0 aliphatic heterocycles. The first kappa shape index (κ1) is 89.3. The Morgan fingerprint density at radius 3 is 0.282 bits per heavy atom. The van der Waals surface area contributed by atoms with Crippen LogP contribution in [0.5, 0.6) is 23.0 Å². The summed E-state index contributed by atoms with van der Waals surface area (Å²) in [7, 11) is 7.02. The van der Waals surface area contributed by atoms with Crippen LogP contribution < -0.4 is 18.9 Å². The van der Waals surface area contributed by atoms with Crippen LogP contribution in [0.25, 0.3) is 234 Å². The summed E-state index contributed by atoms with van der Waals surface area (Å²) >= 11 is 0. The molecule has 0 fully saturated rings. The van der Waals surface area contributed by atoms with Crippen molar-refractivity contribution in [3.05, 3.63) is 521 Å². The molecule has 0 saturated heterocycles. The number of aryl methyl sites for hydroxylation is 2. The molecule has 0 spiro atoms. The predicted octanol–water partition coefficient (Wildman–Crippen LogP) is 37.3. The third kappa shape index (κ3) is 16.8. The van der Waals surface area contributed by atoms with E-state index in [4.69, 9.17) is 18.9 Å². The fourth-order valence-electron chi connectivity index (χ4n) is 21.4. The van der Waals surface area contributed by atoms with Gasteiger partial charge in [0.1, 0.15) is 23.0 Å². The molecule has 4 heteroatoms. The number of hydrogen-bond acceptors (Lipinski definition) is 4. The Bertz CT molecular complexity index is 7810. The number of benzene rings is 22. The molecule has 0 saturated carbocycles. The minimum absolute atomic E-state index is 0.728. The minimum atomic E-state index is 0.728. The second-order valence-corrected chi connectivity index (χ2v) is 36.0. The first-order valence-electron chi connectivity index (χ1n) is 48.6. The molecule has 0 radical (unpaired) electrons. The molecule has 22 aromatic rings. The monoisotopic (exact) mass is 1820 g/mol. The van der Waals surface area contributed by atoms with Crippen molar-refractivity contribution in [2.45, 2.75) is 13.8 Å². The van der Waals surface area contributed by atoms with E-state index < -0.39 is 0 Å². The van der Waals surface area contributed by atoms with Crippen molar-refractivity contribution >= 4 is 0 Å². The van der Waals surface area contributed by atoms with Gasteiger partial charge in [0.25, 0.3) is 0 Å². The topological polar surface area (TPSA) is 36.9 Å². The molecule has 22 aromatic carbocycles. The Labute approximate surface area is 832 Å². The van der Waals surface area contributed by atoms with E-state index in [9.17, 15) is 0 Å². The van der Waals surface area contributed by atoms with Gasteiger partial charge in [-0.25, -0.2) is 0 Å². The van der Waals surface area contributed by atoms with Gasteiger partial charge >= 0.3 is 0 Å². The molecule has 0 bridgehead atoms. The van der Waals surface area contributed by atoms with Crippen molar-refractivity contribution in [1.82, 2.24) is 0 Å². The van der Waals surface area contributed by atoms with E-state index in [1.54, 1.807) is 28.4 Å². The summed E-state index contributed by atoms with van der Waals surface area (Å²) in [5.41, 5.74) is 44.5. The zero-order valence-electron chi connectivity index (χ0n) is 80.1. The van der Waals surface area contributed by atoms with Crippen LogP contribution in [0.4, 0.5) is 0 Å². The van der Waals surface area contributed by atoms with Crippen molar-refractivity contribution in [3.8, 4) is 257 Å². The van der Waals surface area contributed by atoms with E-state index in [-0.39, 0.29) is 0 Å². The number of rotatable bonds is 25. The van der Waals surface area contributed by atoms with E-state index in [0.29, 0.717) is 0 Å². The Morgan fingerprint density at radius 2 is 0.176 bits per heavy atom. The smallest absolute Gasteiger partial charge is 0.118 e. The first-order chi connectivity index (χ1) is 70.2. The molecule has 4 nitrogen and oxygen atoms in total. The van der Waals surface area contributed by atoms with E-state index in [1.807, 2.05) is 0 Å². The molecular weight excluding hydrogens is 1720 g/mol. The van der Waals surface area contributed by atoms with Crippen LogP contribution in [-0.4, -0.2) is 28.4 Å². The van der Waals surface area contributed by atoms with Crippen LogP contribution in [-0.2, 0) is 0 Å². The molecule has 0 unspecified atom stereocenters. The summed E-state index contributed by atoms with van der Waals surface area (Å²) in [5.74, 6) is 2.93. The maximum Gasteiger partial charge on any atom is 0.118 e. The van der Waals surface area contributed by atoms with Crippen molar-refractivity contribution in [1.29, 1.82) is 0 Å². The summed E-state index contributed by atoms with van der Waals surface area (Å²) in [4.78, 5) is 0. The molecule has 0 aliphatic carbocycles. The Hall–Kier alpha value is -18.0. The first-order valence-corrected chi connectivity index (χ1v) is 48.6. The van der Waals surface area contributed by atoms with Gasteiger partial charge < -0.3 is 18.9 Å². The summed E-state index contributed by atoms with van der Waals surface area (Å²) in [6.07, 6.45) is 0. The third-order valence-electron chi connectivity index (χ3n) is 27.7. The van der Waals surface area contributed by atoms with Crippen LogP contribution in [0.1, 0.15) is 11.1 Å². The van der Waals surface area contributed by atoms with Gasteiger partial charge in [-0.2, -0.15) is 0 Å². The number of methoxy groups -OCH3 is 4. The summed E-state index contributed by atoms with van der Waals surface area (Å²) in [6, 6.07) is 190. The summed E-state index contributed by atoms with van der Waals surface area (Å²) in [5, 5.41) is 0. The highest BCUT2D eigenvalue weighted by atomic mass is 16.5. The van der Waals surface area contributed by atoms with E-state index in [2.05, 4.69) is 523 Å². The van der Waals surface area contributed by atoms with Crippen LogP contribution in [0, 0.1) is 13.8 Å². The number of ether oxygens (including phenoxy) is 4. The Balaban J connectivity index is 1.18. The van der Waals surface area contributed by atoms with Crippen molar-refractivity contribution < 1.29 is 18.9 Å². The minimum Gasteiger partial charge on any atom is -0.497 e. The lowest BCUT2D eigenvalue weighted by Gasteiger charge is -2.37. The van der Waals surface area contributed by atoms with Gasteiger partial charge in [-0.05, 0) is 296 Å². The predicted molar refractivity (Wildman–Crippen MR) is 596 cm³/mol. The Morgan fingerprint density at radius 1 is 0.0915 bits per heavy atom. The highest BCUT2D eigenvalue weighted by Crippen LogP contribution is 2.69. The van der Waals surface area contributed by atoms with E-state index in [1.165, 1.54) is 0 Å². The maximum absolute atomic E-state index is 6.29. The average molecular weight is 1820 g/mol. The summed E-state index contributed by atoms with van der Waals surface area (Å²) in [6.45, 7) is 4.41. The van der Waals surface area contributed by atoms with Gasteiger partial charge in [-0.1, -0.05) is 472 Å². The largest absolute Gasteiger partial charge is 0.497 e. The van der Waals surface area contributed by atoms with E-state index >= 15 is 0 Å². The van der Waals surface area contributed by atoms with Crippen molar-refractivity contribution in [2.24, 2.45) is 0 Å². The number of hydrogen-bond donors (Lipinski definition) is 0. The quantitative estimate of drug-likeness (QED) is 0.0571. The normalized spacial score (nSPS) is 11.2. The molecular formula is C138H102O4. The lowest BCUT2D eigenvalue weighted by Crippen LogP contribution is -2.10. The molecule has 0 N–H and O–H groups in total. The lowest BCUT2D eigenvalue weighted by atomic mass is 9.65. The van der Waals surface area contributed by atoms with Crippen LogP contribution in [0.2, 0.25) is 0 Å². The fraction of sp³-hybridized carbons (Fsp3) is 0.0435. The average Bonchev–Trinajstić information content (AvgIpc) is 0.673. The molecule has 0 amide bonds. The van der Waals surface area contributed by atoms with Crippen molar-refractivity contribution in [3.63, 3.8) is 0 Å². The van der Waals surface area contributed by atoms with Crippen LogP contribution >= 0.6 is 0 Å². The SMILES string of the molecule is COc1ccc(-c2c(-c3ccccc3)c(-c3ccccc3)c(-c3c(-c4ccccc4)c(-c4c(-c5ccccc5)c(-c5ccccc5)c(-c5ccc(C)cc5)c(-c5ccc(C)cc5)c4-c4ccccc4)c(-c4ccccc4)c(-c4c(-c5ccccc5)c(-c5ccccc5)c(-c5ccc(OC)cc5)c(-c5ccc(OC)cc5)c4-c4ccccc4)c3-c3ccccc3)c(-c3ccccc3)c2-c2ccc(OC)cc2)cc1. The van der Waals surface area contributed by atoms with Crippen LogP contribution in [0.15, 0.2) is 510 Å². The second kappa shape index (κ2) is 40.0. The van der Waals surface area contributed by atoms with Gasteiger partial charge in [0.05, 0.1) is 28.4 Å². The van der Waals surface area contributed by atoms with Gasteiger partial charge in [0.15, 0.2) is 0 Å². The van der Waals surface area contributed by atoms with Gasteiger partial charge in [0, 0.05) is 0 Å². The second-order valence-electron chi connectivity index (χ2n) is 36.0. The highest BCUT2D eigenvalue weighted by Gasteiger charge is 2.42. The molecule has 22 rings (SSSR count). The Kier molecular flexibility index (Phi) is 25.1. The summed E-state index contributed by atoms with van der Waals surface area (Å²) < 4.78 is 25.0. The zero-order chi connectivity index (χ0) is 95.9. The highest BCUT2D eigenvalue weighted by molar-refractivity contribution is 6.29. The zero-order valence-corrected chi connectivity index (χ0v) is 80.1. The molecule has 0 heterocycles. The molecule has 678 valence electrons. The van der Waals surface area contributed by atoms with Crippen LogP contribution in [0.3, 0.4) is 0 Å². The third-order valence-corrected chi connectivity index (χ3v) is 27.7. The molecule has 0 atom stereocenters. The molecule has 0 aliphatic rings. The van der Waals surface area contributed by atoms with Crippen molar-refractivity contribution in [2.75, 3.05) is 28.4 Å². The maximum atomic E-state index is 6.29. The van der Waals surface area contributed by atoms with E-state index in [0.717, 1.165) is 268 Å². The van der Waals surface area contributed by atoms with Gasteiger partial charge in [0.2, 0.25) is 0 Å². The van der Waals surface area contributed by atoms with Gasteiger partial charge in [-0.15, -0.1) is 0 Å². The van der Waals surface area contributed by atoms with Gasteiger partial charge in [-0.3, -0.25) is 0 Å².